The molecule has 31 heavy (non-hydrogen) atoms. The van der Waals surface area contributed by atoms with Gasteiger partial charge in [-0.1, -0.05) is 32.3 Å². The number of piperazine rings is 1. The van der Waals surface area contributed by atoms with E-state index in [9.17, 15) is 17.6 Å². The number of carbonyl (C=O) groups excluding carboxylic acids is 1. The predicted octanol–water partition coefficient (Wildman–Crippen LogP) is 3.65. The number of nitrogens with zero attached hydrogens (tertiary/aromatic N) is 2. The molecule has 6 nitrogen and oxygen atoms in total. The van der Waals surface area contributed by atoms with Crippen LogP contribution in [-0.2, 0) is 10.0 Å². The number of carbonyl (C=O) groups is 1. The van der Waals surface area contributed by atoms with Crippen LogP contribution in [0.15, 0.2) is 53.4 Å². The van der Waals surface area contributed by atoms with Crippen LogP contribution in [0.3, 0.4) is 0 Å². The Balaban J connectivity index is 1.61. The molecule has 3 rings (SSSR count). The van der Waals surface area contributed by atoms with Crippen molar-refractivity contribution >= 4 is 21.6 Å². The molecule has 1 aliphatic rings. The predicted molar refractivity (Wildman–Crippen MR) is 120 cm³/mol. The lowest BCUT2D eigenvalue weighted by atomic mass is 10.2. The van der Waals surface area contributed by atoms with E-state index in [4.69, 9.17) is 0 Å². The van der Waals surface area contributed by atoms with Crippen molar-refractivity contribution in [2.24, 2.45) is 0 Å². The summed E-state index contributed by atoms with van der Waals surface area (Å²) >= 11 is 0. The van der Waals surface area contributed by atoms with Crippen molar-refractivity contribution < 1.29 is 17.6 Å². The van der Waals surface area contributed by atoms with Gasteiger partial charge in [-0.25, -0.2) is 12.8 Å². The quantitative estimate of drug-likeness (QED) is 0.596. The maximum atomic E-state index is 13.1. The summed E-state index contributed by atoms with van der Waals surface area (Å²) in [5.41, 5.74) is 1.22. The molecule has 8 heteroatoms. The Morgan fingerprint density at radius 1 is 1.00 bits per heavy atom. The summed E-state index contributed by atoms with van der Waals surface area (Å²) < 4.78 is 40.8. The third kappa shape index (κ3) is 6.04. The lowest BCUT2D eigenvalue weighted by Crippen LogP contribution is -2.48. The fourth-order valence-electron chi connectivity index (χ4n) is 3.64. The number of hydrogen-bond donors (Lipinski definition) is 1. The van der Waals surface area contributed by atoms with Crippen LogP contribution in [0.2, 0.25) is 0 Å². The van der Waals surface area contributed by atoms with Crippen LogP contribution in [0.5, 0.6) is 0 Å². The highest BCUT2D eigenvalue weighted by Crippen LogP contribution is 2.22. The van der Waals surface area contributed by atoms with Gasteiger partial charge in [0.15, 0.2) is 0 Å². The molecule has 1 N–H and O–H groups in total. The number of benzene rings is 2. The van der Waals surface area contributed by atoms with Crippen LogP contribution < -0.4 is 10.2 Å². The van der Waals surface area contributed by atoms with Crippen LogP contribution in [-0.4, -0.2) is 51.4 Å². The number of rotatable bonds is 9. The van der Waals surface area contributed by atoms with Gasteiger partial charge in [0.25, 0.3) is 5.91 Å². The zero-order valence-corrected chi connectivity index (χ0v) is 18.7. The number of sulfonamides is 1. The Hall–Kier alpha value is -2.45. The molecule has 0 spiro atoms. The molecule has 2 aromatic carbocycles. The fourth-order valence-corrected chi connectivity index (χ4v) is 5.11. The van der Waals surface area contributed by atoms with Crippen LogP contribution in [0, 0.1) is 5.82 Å². The summed E-state index contributed by atoms with van der Waals surface area (Å²) in [6.45, 7) is 4.40. The average Bonchev–Trinajstić information content (AvgIpc) is 2.79. The van der Waals surface area contributed by atoms with Gasteiger partial charge in [-0.05, 0) is 48.9 Å². The molecule has 0 unspecified atom stereocenters. The summed E-state index contributed by atoms with van der Waals surface area (Å²) in [4.78, 5) is 14.6. The van der Waals surface area contributed by atoms with Crippen molar-refractivity contribution in [2.75, 3.05) is 37.6 Å². The van der Waals surface area contributed by atoms with E-state index in [-0.39, 0.29) is 16.6 Å². The third-order valence-corrected chi connectivity index (χ3v) is 7.37. The van der Waals surface area contributed by atoms with Crippen LogP contribution in [0.25, 0.3) is 0 Å². The largest absolute Gasteiger partial charge is 0.369 e. The van der Waals surface area contributed by atoms with Gasteiger partial charge in [-0.2, -0.15) is 4.31 Å². The Bertz CT molecular complexity index is 972. The molecule has 0 saturated carbocycles. The summed E-state index contributed by atoms with van der Waals surface area (Å²) in [6, 6.07) is 12.4. The first kappa shape index (κ1) is 23.2. The van der Waals surface area contributed by atoms with Crippen molar-refractivity contribution in [3.8, 4) is 0 Å². The van der Waals surface area contributed by atoms with Crippen LogP contribution in [0.4, 0.5) is 10.1 Å². The molecule has 1 heterocycles. The van der Waals surface area contributed by atoms with E-state index in [0.29, 0.717) is 38.3 Å². The summed E-state index contributed by atoms with van der Waals surface area (Å²) in [5.74, 6) is -0.551. The zero-order valence-electron chi connectivity index (χ0n) is 17.9. The zero-order chi connectivity index (χ0) is 22.3. The third-order valence-electron chi connectivity index (χ3n) is 5.48. The Labute approximate surface area is 184 Å². The average molecular weight is 448 g/mol. The van der Waals surface area contributed by atoms with Crippen molar-refractivity contribution in [2.45, 2.75) is 37.5 Å². The first-order valence-corrected chi connectivity index (χ1v) is 12.2. The standard InChI is InChI=1S/C23H30FN3O3S/c1-2-3-4-5-13-25-23(28)19-7-6-8-22(18-19)31(29,30)27-16-14-26(15-17-27)21-11-9-20(24)10-12-21/h6-12,18H,2-5,13-17H2,1H3,(H,25,28). The lowest BCUT2D eigenvalue weighted by Gasteiger charge is -2.35. The molecule has 0 atom stereocenters. The number of amides is 1. The highest BCUT2D eigenvalue weighted by atomic mass is 32.2. The molecule has 1 aliphatic heterocycles. The molecule has 1 amide bonds. The number of halogens is 1. The lowest BCUT2D eigenvalue weighted by molar-refractivity contribution is 0.0952. The Morgan fingerprint density at radius 2 is 1.71 bits per heavy atom. The van der Waals surface area contributed by atoms with E-state index in [2.05, 4.69) is 12.2 Å². The summed E-state index contributed by atoms with van der Waals surface area (Å²) in [5, 5.41) is 2.86. The smallest absolute Gasteiger partial charge is 0.251 e. The van der Waals surface area contributed by atoms with Crippen LogP contribution >= 0.6 is 0 Å². The van der Waals surface area contributed by atoms with E-state index in [1.807, 2.05) is 4.90 Å². The molecule has 1 fully saturated rings. The topological polar surface area (TPSA) is 69.7 Å². The molecule has 1 saturated heterocycles. The molecular formula is C23H30FN3O3S. The first-order valence-electron chi connectivity index (χ1n) is 10.8. The van der Waals surface area contributed by atoms with Crippen molar-refractivity contribution in [1.29, 1.82) is 0 Å². The Morgan fingerprint density at radius 3 is 2.39 bits per heavy atom. The van der Waals surface area contributed by atoms with Gasteiger partial charge in [0, 0.05) is 44.0 Å². The maximum absolute atomic E-state index is 13.1. The van der Waals surface area contributed by atoms with Crippen molar-refractivity contribution in [1.82, 2.24) is 9.62 Å². The van der Waals surface area contributed by atoms with Gasteiger partial charge >= 0.3 is 0 Å². The monoisotopic (exact) mass is 447 g/mol. The molecule has 168 valence electrons. The number of anilines is 1. The van der Waals surface area contributed by atoms with Gasteiger partial charge in [-0.3, -0.25) is 4.79 Å². The maximum Gasteiger partial charge on any atom is 0.251 e. The number of unbranched alkanes of at least 4 members (excludes halogenated alkanes) is 3. The molecule has 0 aromatic heterocycles. The first-order chi connectivity index (χ1) is 14.9. The van der Waals surface area contributed by atoms with E-state index < -0.39 is 10.0 Å². The van der Waals surface area contributed by atoms with Gasteiger partial charge in [0.2, 0.25) is 10.0 Å². The second-order valence-corrected chi connectivity index (χ2v) is 9.65. The normalized spacial score (nSPS) is 15.1. The number of hydrogen-bond acceptors (Lipinski definition) is 4. The minimum Gasteiger partial charge on any atom is -0.369 e. The minimum atomic E-state index is -3.70. The van der Waals surface area contributed by atoms with Gasteiger partial charge in [-0.15, -0.1) is 0 Å². The highest BCUT2D eigenvalue weighted by Gasteiger charge is 2.29. The van der Waals surface area contributed by atoms with E-state index >= 15 is 0 Å². The molecule has 0 radical (unpaired) electrons. The van der Waals surface area contributed by atoms with E-state index in [1.165, 1.54) is 28.6 Å². The van der Waals surface area contributed by atoms with Gasteiger partial charge in [0.1, 0.15) is 5.82 Å². The second-order valence-electron chi connectivity index (χ2n) is 7.71. The molecule has 0 aliphatic carbocycles. The molecule has 0 bridgehead atoms. The van der Waals surface area contributed by atoms with Gasteiger partial charge < -0.3 is 10.2 Å². The summed E-state index contributed by atoms with van der Waals surface area (Å²) in [7, 11) is -3.70. The van der Waals surface area contributed by atoms with Crippen molar-refractivity contribution in [3.63, 3.8) is 0 Å². The van der Waals surface area contributed by atoms with Crippen molar-refractivity contribution in [3.05, 3.63) is 59.9 Å². The minimum absolute atomic E-state index is 0.126. The van der Waals surface area contributed by atoms with Gasteiger partial charge in [0.05, 0.1) is 4.90 Å². The van der Waals surface area contributed by atoms with E-state index in [1.54, 1.807) is 24.3 Å². The Kier molecular flexibility index (Phi) is 8.03. The van der Waals surface area contributed by atoms with Crippen LogP contribution in [0.1, 0.15) is 43.0 Å². The molecule has 2 aromatic rings. The van der Waals surface area contributed by atoms with E-state index in [0.717, 1.165) is 31.4 Å². The SMILES string of the molecule is CCCCCCNC(=O)c1cccc(S(=O)(=O)N2CCN(c3ccc(F)cc3)CC2)c1. The summed E-state index contributed by atoms with van der Waals surface area (Å²) in [6.07, 6.45) is 4.25. The highest BCUT2D eigenvalue weighted by molar-refractivity contribution is 7.89. The fraction of sp³-hybridized carbons (Fsp3) is 0.435. The second kappa shape index (κ2) is 10.7. The number of nitrogens with one attached hydrogen (secondary N) is 1. The molecular weight excluding hydrogens is 417 g/mol.